The van der Waals surface area contributed by atoms with Gasteiger partial charge in [-0.3, -0.25) is 14.5 Å². The molecule has 2 atom stereocenters. The minimum atomic E-state index is -0.387. The van der Waals surface area contributed by atoms with Gasteiger partial charge in [-0.2, -0.15) is 0 Å². The number of H-pyrrole nitrogens is 1. The maximum atomic E-state index is 13.0. The SMILES string of the molecule is O=C(CN(CCO)CCO)N[C@@H]1c2ccccc2C[C@H]1NC(=O)c1cc2cc(Cl)ccc2[nH]1. The molecule has 1 aromatic heterocycles. The fourth-order valence-electron chi connectivity index (χ4n) is 4.35. The number of hydrogen-bond acceptors (Lipinski definition) is 5. The first-order valence-electron chi connectivity index (χ1n) is 10.9. The molecule has 2 aromatic carbocycles. The summed E-state index contributed by atoms with van der Waals surface area (Å²) in [6.07, 6.45) is 0.593. The van der Waals surface area contributed by atoms with Gasteiger partial charge in [0.05, 0.1) is 31.8 Å². The molecule has 0 fully saturated rings. The summed E-state index contributed by atoms with van der Waals surface area (Å²) in [5, 5.41) is 25.9. The van der Waals surface area contributed by atoms with Crippen LogP contribution in [0.1, 0.15) is 27.7 Å². The second-order valence-corrected chi connectivity index (χ2v) is 8.60. The van der Waals surface area contributed by atoms with Crippen LogP contribution >= 0.6 is 11.6 Å². The number of halogens is 1. The van der Waals surface area contributed by atoms with Crippen molar-refractivity contribution in [2.75, 3.05) is 32.8 Å². The second kappa shape index (κ2) is 10.4. The number of benzene rings is 2. The van der Waals surface area contributed by atoms with Crippen LogP contribution in [-0.2, 0) is 11.2 Å². The molecule has 0 saturated heterocycles. The monoisotopic (exact) mass is 470 g/mol. The molecule has 5 N–H and O–H groups in total. The van der Waals surface area contributed by atoms with Crippen molar-refractivity contribution in [3.05, 3.63) is 70.4 Å². The highest BCUT2D eigenvalue weighted by atomic mass is 35.5. The Balaban J connectivity index is 1.50. The maximum absolute atomic E-state index is 13.0. The Morgan fingerprint density at radius 2 is 1.82 bits per heavy atom. The molecule has 0 spiro atoms. The highest BCUT2D eigenvalue weighted by molar-refractivity contribution is 6.31. The van der Waals surface area contributed by atoms with Crippen molar-refractivity contribution in [3.63, 3.8) is 0 Å². The van der Waals surface area contributed by atoms with Gasteiger partial charge < -0.3 is 25.8 Å². The van der Waals surface area contributed by atoms with Gasteiger partial charge in [-0.15, -0.1) is 0 Å². The van der Waals surface area contributed by atoms with E-state index in [-0.39, 0.29) is 43.7 Å². The number of aliphatic hydroxyl groups excluding tert-OH is 2. The molecule has 0 saturated carbocycles. The Morgan fingerprint density at radius 1 is 1.06 bits per heavy atom. The minimum Gasteiger partial charge on any atom is -0.395 e. The lowest BCUT2D eigenvalue weighted by molar-refractivity contribution is -0.123. The molecule has 4 rings (SSSR count). The third-order valence-electron chi connectivity index (χ3n) is 5.89. The second-order valence-electron chi connectivity index (χ2n) is 8.17. The highest BCUT2D eigenvalue weighted by Gasteiger charge is 2.35. The topological polar surface area (TPSA) is 118 Å². The number of rotatable bonds is 9. The van der Waals surface area contributed by atoms with Gasteiger partial charge >= 0.3 is 0 Å². The first kappa shape index (κ1) is 23.3. The van der Waals surface area contributed by atoms with E-state index in [0.29, 0.717) is 30.2 Å². The van der Waals surface area contributed by atoms with Crippen LogP contribution in [-0.4, -0.2) is 70.8 Å². The summed E-state index contributed by atoms with van der Waals surface area (Å²) in [6, 6.07) is 14.2. The quantitative estimate of drug-likeness (QED) is 0.326. The fraction of sp³-hybridized carbons (Fsp3) is 0.333. The number of aliphatic hydroxyl groups is 2. The zero-order chi connectivity index (χ0) is 23.4. The van der Waals surface area contributed by atoms with E-state index < -0.39 is 0 Å². The first-order valence-corrected chi connectivity index (χ1v) is 11.3. The minimum absolute atomic E-state index is 0.0449. The van der Waals surface area contributed by atoms with Gasteiger partial charge in [0.1, 0.15) is 5.69 Å². The van der Waals surface area contributed by atoms with Crippen LogP contribution in [0, 0.1) is 0 Å². The first-order chi connectivity index (χ1) is 16.0. The molecule has 0 bridgehead atoms. The number of fused-ring (bicyclic) bond motifs is 2. The zero-order valence-corrected chi connectivity index (χ0v) is 18.8. The predicted octanol–water partition coefficient (Wildman–Crippen LogP) is 1.62. The molecule has 8 nitrogen and oxygen atoms in total. The van der Waals surface area contributed by atoms with Crippen LogP contribution in [0.2, 0.25) is 5.02 Å². The van der Waals surface area contributed by atoms with E-state index in [9.17, 15) is 19.8 Å². The number of carbonyl (C=O) groups is 2. The molecule has 1 aliphatic carbocycles. The number of nitrogens with zero attached hydrogens (tertiary/aromatic N) is 1. The van der Waals surface area contributed by atoms with Gasteiger partial charge in [-0.05, 0) is 41.8 Å². The molecule has 3 aromatic rings. The lowest BCUT2D eigenvalue weighted by Gasteiger charge is -2.25. The highest BCUT2D eigenvalue weighted by Crippen LogP contribution is 2.31. The van der Waals surface area contributed by atoms with Crippen LogP contribution in [0.25, 0.3) is 10.9 Å². The summed E-state index contributed by atoms with van der Waals surface area (Å²) in [7, 11) is 0. The number of aromatic amines is 1. The maximum Gasteiger partial charge on any atom is 0.268 e. The zero-order valence-electron chi connectivity index (χ0n) is 18.1. The van der Waals surface area contributed by atoms with Gasteiger partial charge in [-0.1, -0.05) is 35.9 Å². The largest absolute Gasteiger partial charge is 0.395 e. The van der Waals surface area contributed by atoms with Gasteiger partial charge in [-0.25, -0.2) is 0 Å². The van der Waals surface area contributed by atoms with Crippen LogP contribution in [0.3, 0.4) is 0 Å². The Bertz CT molecular complexity index is 1140. The van der Waals surface area contributed by atoms with Gasteiger partial charge in [0.25, 0.3) is 5.91 Å². The summed E-state index contributed by atoms with van der Waals surface area (Å²) in [6.45, 7) is 0.421. The number of nitrogens with one attached hydrogen (secondary N) is 3. The van der Waals surface area contributed by atoms with E-state index in [2.05, 4.69) is 15.6 Å². The molecule has 33 heavy (non-hydrogen) atoms. The molecule has 1 heterocycles. The molecule has 0 aliphatic heterocycles. The molecular weight excluding hydrogens is 444 g/mol. The van der Waals surface area contributed by atoms with Gasteiger partial charge in [0.15, 0.2) is 0 Å². The molecule has 0 radical (unpaired) electrons. The number of amides is 2. The Hall–Kier alpha value is -2.91. The summed E-state index contributed by atoms with van der Waals surface area (Å²) in [4.78, 5) is 30.6. The van der Waals surface area contributed by atoms with E-state index >= 15 is 0 Å². The third kappa shape index (κ3) is 5.36. The van der Waals surface area contributed by atoms with E-state index in [1.165, 1.54) is 0 Å². The van der Waals surface area contributed by atoms with Crippen molar-refractivity contribution < 1.29 is 19.8 Å². The van der Waals surface area contributed by atoms with E-state index in [1.54, 1.807) is 23.1 Å². The van der Waals surface area contributed by atoms with Crippen molar-refractivity contribution in [2.45, 2.75) is 18.5 Å². The summed E-state index contributed by atoms with van der Waals surface area (Å²) >= 11 is 6.05. The van der Waals surface area contributed by atoms with Crippen molar-refractivity contribution in [2.24, 2.45) is 0 Å². The Labute approximate surface area is 196 Å². The van der Waals surface area contributed by atoms with Gasteiger partial charge in [0, 0.05) is 29.0 Å². The van der Waals surface area contributed by atoms with Crippen molar-refractivity contribution in [3.8, 4) is 0 Å². The average molecular weight is 471 g/mol. The summed E-state index contributed by atoms with van der Waals surface area (Å²) in [5.41, 5.74) is 3.27. The van der Waals surface area contributed by atoms with E-state index in [1.807, 2.05) is 30.3 Å². The summed E-state index contributed by atoms with van der Waals surface area (Å²) in [5.74, 6) is -0.500. The van der Waals surface area contributed by atoms with Crippen LogP contribution in [0.4, 0.5) is 0 Å². The smallest absolute Gasteiger partial charge is 0.268 e. The van der Waals surface area contributed by atoms with E-state index in [0.717, 1.165) is 22.0 Å². The van der Waals surface area contributed by atoms with Gasteiger partial charge in [0.2, 0.25) is 5.91 Å². The molecule has 174 valence electrons. The van der Waals surface area contributed by atoms with Crippen molar-refractivity contribution >= 4 is 34.3 Å². The molecule has 2 amide bonds. The van der Waals surface area contributed by atoms with Crippen LogP contribution < -0.4 is 10.6 Å². The lowest BCUT2D eigenvalue weighted by Crippen LogP contribution is -2.47. The number of carbonyl (C=O) groups excluding carboxylic acids is 2. The van der Waals surface area contributed by atoms with Crippen LogP contribution in [0.15, 0.2) is 48.5 Å². The average Bonchev–Trinajstić information content (AvgIpc) is 3.35. The van der Waals surface area contributed by atoms with Crippen molar-refractivity contribution in [1.82, 2.24) is 20.5 Å². The molecular formula is C24H27ClN4O4. The number of hydrogen-bond donors (Lipinski definition) is 5. The van der Waals surface area contributed by atoms with Crippen LogP contribution in [0.5, 0.6) is 0 Å². The Morgan fingerprint density at radius 3 is 2.58 bits per heavy atom. The van der Waals surface area contributed by atoms with Crippen molar-refractivity contribution in [1.29, 1.82) is 0 Å². The third-order valence-corrected chi connectivity index (χ3v) is 6.13. The number of aromatic nitrogens is 1. The predicted molar refractivity (Wildman–Crippen MR) is 126 cm³/mol. The lowest BCUT2D eigenvalue weighted by atomic mass is 10.1. The molecule has 1 aliphatic rings. The normalized spacial score (nSPS) is 17.3. The molecule has 9 heteroatoms. The fourth-order valence-corrected chi connectivity index (χ4v) is 4.54. The molecule has 0 unspecified atom stereocenters. The Kier molecular flexibility index (Phi) is 7.29. The summed E-state index contributed by atoms with van der Waals surface area (Å²) < 4.78 is 0. The van der Waals surface area contributed by atoms with E-state index in [4.69, 9.17) is 11.6 Å². The standard InChI is InChI=1S/C24H27ClN4O4/c25-17-5-6-19-16(11-17)13-21(26-19)24(33)27-20-12-15-3-1-2-4-18(15)23(20)28-22(32)14-29(7-9-30)8-10-31/h1-6,11,13,20,23,26,30-31H,7-10,12,14H2,(H,27,33)(H,28,32)/t20-,23-/m1/s1.